The molecule has 0 spiro atoms. The molecule has 4 aromatic rings. The molecule has 1 aliphatic heterocycles. The summed E-state index contributed by atoms with van der Waals surface area (Å²) in [4.78, 5) is 14.3. The number of fused-ring (bicyclic) bond motifs is 1. The van der Waals surface area contributed by atoms with E-state index in [4.69, 9.17) is 9.97 Å². The standard InChI is InChI=1S/C33H40N6/c1-38(2)32-29-15-9-10-16-30(29)36-33(37-32)35-28-19-17-27(18-20-28)34-21-24-22-39(23-24)31(25-11-5-3-6-12-25)26-13-7-4-8-14-26/h3-16,24,27-28,31,34H,17-23H2,1-2H3,(H,35,36,37). The number of anilines is 2. The second-order valence-corrected chi connectivity index (χ2v) is 11.4. The van der Waals surface area contributed by atoms with Gasteiger partial charge in [-0.1, -0.05) is 72.8 Å². The maximum absolute atomic E-state index is 4.84. The molecule has 1 saturated heterocycles. The van der Waals surface area contributed by atoms with Crippen molar-refractivity contribution in [2.75, 3.05) is 43.9 Å². The van der Waals surface area contributed by atoms with E-state index in [-0.39, 0.29) is 0 Å². The van der Waals surface area contributed by atoms with Gasteiger partial charge in [0.25, 0.3) is 0 Å². The lowest BCUT2D eigenvalue weighted by atomic mass is 9.88. The maximum atomic E-state index is 4.84. The smallest absolute Gasteiger partial charge is 0.225 e. The van der Waals surface area contributed by atoms with Crippen molar-refractivity contribution in [1.29, 1.82) is 0 Å². The van der Waals surface area contributed by atoms with E-state index in [1.165, 1.54) is 24.0 Å². The molecule has 0 amide bonds. The summed E-state index contributed by atoms with van der Waals surface area (Å²) in [6, 6.07) is 31.5. The highest BCUT2D eigenvalue weighted by Crippen LogP contribution is 2.34. The highest BCUT2D eigenvalue weighted by Gasteiger charge is 2.34. The first-order valence-electron chi connectivity index (χ1n) is 14.4. The molecule has 6 heteroatoms. The summed E-state index contributed by atoms with van der Waals surface area (Å²) in [5, 5.41) is 8.64. The molecule has 0 bridgehead atoms. The van der Waals surface area contributed by atoms with Crippen LogP contribution in [-0.4, -0.2) is 60.7 Å². The third kappa shape index (κ3) is 5.92. The molecule has 1 aliphatic carbocycles. The van der Waals surface area contributed by atoms with Crippen molar-refractivity contribution in [3.8, 4) is 0 Å². The van der Waals surface area contributed by atoms with Gasteiger partial charge in [-0.15, -0.1) is 0 Å². The Hall–Kier alpha value is -3.48. The molecule has 6 nitrogen and oxygen atoms in total. The fourth-order valence-electron chi connectivity index (χ4n) is 6.26. The van der Waals surface area contributed by atoms with Crippen molar-refractivity contribution in [3.05, 3.63) is 96.1 Å². The topological polar surface area (TPSA) is 56.3 Å². The number of nitrogens with one attached hydrogen (secondary N) is 2. The Balaban J connectivity index is 0.987. The van der Waals surface area contributed by atoms with E-state index in [0.29, 0.717) is 24.0 Å². The van der Waals surface area contributed by atoms with E-state index in [9.17, 15) is 0 Å². The van der Waals surface area contributed by atoms with Crippen LogP contribution >= 0.6 is 0 Å². The van der Waals surface area contributed by atoms with Gasteiger partial charge in [0.05, 0.1) is 11.6 Å². The lowest BCUT2D eigenvalue weighted by Crippen LogP contribution is -2.53. The van der Waals surface area contributed by atoms with Crippen LogP contribution in [0.4, 0.5) is 11.8 Å². The van der Waals surface area contributed by atoms with Crippen LogP contribution in [0.1, 0.15) is 42.9 Å². The van der Waals surface area contributed by atoms with Gasteiger partial charge in [0.1, 0.15) is 5.82 Å². The van der Waals surface area contributed by atoms with Gasteiger partial charge in [-0.05, 0) is 54.9 Å². The molecule has 1 saturated carbocycles. The Bertz CT molecular complexity index is 1310. The predicted molar refractivity (Wildman–Crippen MR) is 161 cm³/mol. The third-order valence-electron chi connectivity index (χ3n) is 8.34. The molecule has 2 N–H and O–H groups in total. The average Bonchev–Trinajstić information content (AvgIpc) is 2.95. The quantitative estimate of drug-likeness (QED) is 0.294. The number of benzene rings is 3. The lowest BCUT2D eigenvalue weighted by Gasteiger charge is -2.45. The average molecular weight is 521 g/mol. The largest absolute Gasteiger partial charge is 0.362 e. The fraction of sp³-hybridized carbons (Fsp3) is 0.394. The molecule has 6 rings (SSSR count). The Morgan fingerprint density at radius 1 is 0.769 bits per heavy atom. The van der Waals surface area contributed by atoms with Gasteiger partial charge < -0.3 is 15.5 Å². The zero-order valence-electron chi connectivity index (χ0n) is 23.1. The van der Waals surface area contributed by atoms with Crippen LogP contribution in [-0.2, 0) is 0 Å². The molecule has 202 valence electrons. The van der Waals surface area contributed by atoms with E-state index in [2.05, 4.69) is 93.2 Å². The first-order chi connectivity index (χ1) is 19.1. The summed E-state index contributed by atoms with van der Waals surface area (Å²) in [5.41, 5.74) is 3.76. The highest BCUT2D eigenvalue weighted by molar-refractivity contribution is 5.90. The number of hydrogen-bond donors (Lipinski definition) is 2. The molecule has 0 atom stereocenters. The third-order valence-corrected chi connectivity index (χ3v) is 8.34. The second-order valence-electron chi connectivity index (χ2n) is 11.4. The first-order valence-corrected chi connectivity index (χ1v) is 14.4. The van der Waals surface area contributed by atoms with Crippen molar-refractivity contribution >= 4 is 22.7 Å². The minimum Gasteiger partial charge on any atom is -0.362 e. The normalized spacial score (nSPS) is 20.2. The van der Waals surface area contributed by atoms with Crippen LogP contribution in [0.5, 0.6) is 0 Å². The van der Waals surface area contributed by atoms with E-state index < -0.39 is 0 Å². The summed E-state index contributed by atoms with van der Waals surface area (Å²) >= 11 is 0. The van der Waals surface area contributed by atoms with E-state index in [1.54, 1.807) is 0 Å². The van der Waals surface area contributed by atoms with Gasteiger partial charge >= 0.3 is 0 Å². The van der Waals surface area contributed by atoms with Crippen molar-refractivity contribution in [3.63, 3.8) is 0 Å². The van der Waals surface area contributed by atoms with Crippen molar-refractivity contribution in [2.24, 2.45) is 5.92 Å². The Kier molecular flexibility index (Phi) is 7.75. The van der Waals surface area contributed by atoms with Crippen LogP contribution < -0.4 is 15.5 Å². The maximum Gasteiger partial charge on any atom is 0.225 e. The second kappa shape index (κ2) is 11.7. The zero-order valence-corrected chi connectivity index (χ0v) is 23.1. The van der Waals surface area contributed by atoms with Crippen molar-refractivity contribution in [2.45, 2.75) is 43.8 Å². The number of likely N-dealkylation sites (tertiary alicyclic amines) is 1. The van der Waals surface area contributed by atoms with Crippen LogP contribution in [0.3, 0.4) is 0 Å². The van der Waals surface area contributed by atoms with Gasteiger partial charge in [0.2, 0.25) is 5.95 Å². The Morgan fingerprint density at radius 3 is 2.00 bits per heavy atom. The number of nitrogens with zero attached hydrogens (tertiary/aromatic N) is 4. The Morgan fingerprint density at radius 2 is 1.36 bits per heavy atom. The molecule has 0 radical (unpaired) electrons. The van der Waals surface area contributed by atoms with Gasteiger partial charge in [0.15, 0.2) is 0 Å². The van der Waals surface area contributed by atoms with Crippen molar-refractivity contribution in [1.82, 2.24) is 20.2 Å². The van der Waals surface area contributed by atoms with Gasteiger partial charge in [0, 0.05) is 51.2 Å². The highest BCUT2D eigenvalue weighted by atomic mass is 15.2. The van der Waals surface area contributed by atoms with E-state index >= 15 is 0 Å². The molecule has 2 fully saturated rings. The van der Waals surface area contributed by atoms with Crippen molar-refractivity contribution < 1.29 is 0 Å². The minimum absolute atomic E-state index is 0.343. The van der Waals surface area contributed by atoms with E-state index in [1.807, 2.05) is 26.2 Å². The van der Waals surface area contributed by atoms with Crippen LogP contribution in [0.25, 0.3) is 10.9 Å². The van der Waals surface area contributed by atoms with Crippen LogP contribution in [0.15, 0.2) is 84.9 Å². The lowest BCUT2D eigenvalue weighted by molar-refractivity contribution is 0.0656. The van der Waals surface area contributed by atoms with Crippen LogP contribution in [0.2, 0.25) is 0 Å². The molecule has 0 unspecified atom stereocenters. The zero-order chi connectivity index (χ0) is 26.6. The SMILES string of the molecule is CN(C)c1nc(NC2CCC(NCC3CN(C(c4ccccc4)c4ccccc4)C3)CC2)nc2ccccc12. The summed E-state index contributed by atoms with van der Waals surface area (Å²) in [6.07, 6.45) is 4.68. The summed E-state index contributed by atoms with van der Waals surface area (Å²) in [6.45, 7) is 3.40. The van der Waals surface area contributed by atoms with Crippen LogP contribution in [0, 0.1) is 5.92 Å². The van der Waals surface area contributed by atoms with Gasteiger partial charge in [-0.25, -0.2) is 4.98 Å². The first kappa shape index (κ1) is 25.8. The summed E-state index contributed by atoms with van der Waals surface area (Å²) in [5.74, 6) is 2.43. The number of aromatic nitrogens is 2. The monoisotopic (exact) mass is 520 g/mol. The molecule has 2 heterocycles. The Labute approximate surface area is 232 Å². The fourth-order valence-corrected chi connectivity index (χ4v) is 6.26. The molecule has 3 aromatic carbocycles. The molecular weight excluding hydrogens is 480 g/mol. The van der Waals surface area contributed by atoms with Gasteiger partial charge in [-0.3, -0.25) is 4.90 Å². The molecule has 39 heavy (non-hydrogen) atoms. The van der Waals surface area contributed by atoms with Gasteiger partial charge in [-0.2, -0.15) is 4.98 Å². The number of rotatable bonds is 9. The predicted octanol–water partition coefficient (Wildman–Crippen LogP) is 5.73. The summed E-state index contributed by atoms with van der Waals surface area (Å²) < 4.78 is 0. The molecule has 2 aliphatic rings. The minimum atomic E-state index is 0.343. The number of para-hydroxylation sites is 1. The summed E-state index contributed by atoms with van der Waals surface area (Å²) in [7, 11) is 4.08. The molecular formula is C33H40N6. The van der Waals surface area contributed by atoms with E-state index in [0.717, 1.165) is 55.1 Å². The number of hydrogen-bond acceptors (Lipinski definition) is 6. The molecule has 1 aromatic heterocycles.